The van der Waals surface area contributed by atoms with Crippen LogP contribution in [0.2, 0.25) is 5.02 Å². The third kappa shape index (κ3) is 2.70. The Hall–Kier alpha value is -3.05. The third-order valence-corrected chi connectivity index (χ3v) is 5.60. The minimum absolute atomic E-state index is 0.00464. The second-order valence-electron chi connectivity index (χ2n) is 7.14. The molecule has 0 unspecified atom stereocenters. The summed E-state index contributed by atoms with van der Waals surface area (Å²) in [6, 6.07) is 17.7. The van der Waals surface area contributed by atoms with Crippen molar-refractivity contribution in [1.29, 1.82) is 0 Å². The van der Waals surface area contributed by atoms with E-state index in [0.717, 1.165) is 28.1 Å². The van der Waals surface area contributed by atoms with Crippen molar-refractivity contribution in [3.63, 3.8) is 0 Å². The lowest BCUT2D eigenvalue weighted by Gasteiger charge is -2.23. The van der Waals surface area contributed by atoms with Crippen molar-refractivity contribution in [1.82, 2.24) is 19.8 Å². The van der Waals surface area contributed by atoms with Crippen molar-refractivity contribution in [2.24, 2.45) is 0 Å². The summed E-state index contributed by atoms with van der Waals surface area (Å²) < 4.78 is 1.81. The highest BCUT2D eigenvalue weighted by Gasteiger charge is 2.31. The molecule has 6 heteroatoms. The maximum absolute atomic E-state index is 12.8. The van der Waals surface area contributed by atoms with Gasteiger partial charge in [-0.05, 0) is 42.5 Å². The molecule has 1 aliphatic rings. The summed E-state index contributed by atoms with van der Waals surface area (Å²) in [6.07, 6.45) is 1.10. The standard InChI is InChI=1S/C22H17ClN4O/c1-13-20(15-5-3-2-4-6-15)22-25-24-21-18(27(22)26-13)11-16(12-19(21)28)14-7-9-17(23)10-8-14/h2-10,16H,11-12H2,1H3/t16-/m0/s1. The van der Waals surface area contributed by atoms with Crippen LogP contribution < -0.4 is 0 Å². The predicted octanol–water partition coefficient (Wildman–Crippen LogP) is 4.67. The number of hydrogen-bond donors (Lipinski definition) is 0. The highest BCUT2D eigenvalue weighted by atomic mass is 35.5. The molecular formula is C22H17ClN4O. The Kier molecular flexibility index (Phi) is 3.98. The first-order valence-electron chi connectivity index (χ1n) is 9.21. The van der Waals surface area contributed by atoms with E-state index in [0.29, 0.717) is 29.2 Å². The van der Waals surface area contributed by atoms with Gasteiger partial charge in [0.15, 0.2) is 17.1 Å². The van der Waals surface area contributed by atoms with Gasteiger partial charge in [-0.3, -0.25) is 4.79 Å². The fraction of sp³-hybridized carbons (Fsp3) is 0.182. The van der Waals surface area contributed by atoms with E-state index in [-0.39, 0.29) is 11.7 Å². The number of hydrogen-bond acceptors (Lipinski definition) is 4. The number of ketones is 1. The van der Waals surface area contributed by atoms with Crippen molar-refractivity contribution in [3.8, 4) is 11.1 Å². The molecule has 28 heavy (non-hydrogen) atoms. The molecule has 5 rings (SSSR count). The van der Waals surface area contributed by atoms with Gasteiger partial charge in [-0.15, -0.1) is 10.2 Å². The summed E-state index contributed by atoms with van der Waals surface area (Å²) in [5, 5.41) is 14.1. The highest BCUT2D eigenvalue weighted by molar-refractivity contribution is 6.30. The van der Waals surface area contributed by atoms with E-state index in [4.69, 9.17) is 16.7 Å². The molecule has 4 aromatic rings. The molecule has 2 aromatic carbocycles. The van der Waals surface area contributed by atoms with Crippen molar-refractivity contribution in [2.75, 3.05) is 0 Å². The molecular weight excluding hydrogens is 372 g/mol. The van der Waals surface area contributed by atoms with Gasteiger partial charge in [-0.1, -0.05) is 54.1 Å². The minimum atomic E-state index is 0.00464. The van der Waals surface area contributed by atoms with Gasteiger partial charge in [0.1, 0.15) is 0 Å². The van der Waals surface area contributed by atoms with Crippen LogP contribution in [0.15, 0.2) is 54.6 Å². The van der Waals surface area contributed by atoms with Gasteiger partial charge in [0, 0.05) is 11.4 Å². The van der Waals surface area contributed by atoms with Crippen LogP contribution in [0, 0.1) is 6.92 Å². The lowest BCUT2D eigenvalue weighted by atomic mass is 9.83. The molecule has 1 aliphatic carbocycles. The average Bonchev–Trinajstić information content (AvgIpc) is 3.05. The predicted molar refractivity (Wildman–Crippen MR) is 108 cm³/mol. The van der Waals surface area contributed by atoms with Gasteiger partial charge in [0.05, 0.1) is 17.0 Å². The van der Waals surface area contributed by atoms with E-state index >= 15 is 0 Å². The molecule has 1 atom stereocenters. The number of Topliss-reactive ketones (excluding diaryl/α,β-unsaturated/α-hetero) is 1. The Labute approximate surface area is 167 Å². The zero-order valence-electron chi connectivity index (χ0n) is 15.3. The maximum Gasteiger partial charge on any atom is 0.185 e. The Balaban J connectivity index is 1.66. The number of aromatic nitrogens is 4. The second kappa shape index (κ2) is 6.53. The lowest BCUT2D eigenvalue weighted by Crippen LogP contribution is -2.24. The zero-order chi connectivity index (χ0) is 19.3. The van der Waals surface area contributed by atoms with Gasteiger partial charge >= 0.3 is 0 Å². The number of carbonyl (C=O) groups excluding carboxylic acids is 1. The summed E-state index contributed by atoms with van der Waals surface area (Å²) >= 11 is 6.02. The molecule has 0 saturated heterocycles. The molecule has 5 nitrogen and oxygen atoms in total. The van der Waals surface area contributed by atoms with E-state index in [9.17, 15) is 4.79 Å². The molecule has 0 radical (unpaired) electrons. The molecule has 2 heterocycles. The van der Waals surface area contributed by atoms with Crippen molar-refractivity contribution in [2.45, 2.75) is 25.7 Å². The smallest absolute Gasteiger partial charge is 0.185 e. The largest absolute Gasteiger partial charge is 0.292 e. The lowest BCUT2D eigenvalue weighted by molar-refractivity contribution is 0.0955. The molecule has 0 amide bonds. The molecule has 0 aliphatic heterocycles. The van der Waals surface area contributed by atoms with E-state index in [1.807, 2.05) is 61.5 Å². The average molecular weight is 389 g/mol. The number of rotatable bonds is 2. The number of carbonyl (C=O) groups is 1. The van der Waals surface area contributed by atoms with Crippen LogP contribution >= 0.6 is 11.6 Å². The molecule has 0 fully saturated rings. The molecule has 0 spiro atoms. The van der Waals surface area contributed by atoms with Crippen molar-refractivity contribution >= 4 is 23.0 Å². The SMILES string of the molecule is Cc1nn2c3c(nnc2c1-c1ccccc1)C(=O)C[C@@H](c1ccc(Cl)cc1)C3. The van der Waals surface area contributed by atoms with Gasteiger partial charge in [0.2, 0.25) is 0 Å². The minimum Gasteiger partial charge on any atom is -0.292 e. The van der Waals surface area contributed by atoms with Gasteiger partial charge in [-0.2, -0.15) is 5.10 Å². The van der Waals surface area contributed by atoms with Crippen LogP contribution in [0.4, 0.5) is 0 Å². The van der Waals surface area contributed by atoms with Gasteiger partial charge in [-0.25, -0.2) is 4.52 Å². The van der Waals surface area contributed by atoms with Crippen LogP contribution in [0.25, 0.3) is 16.8 Å². The number of halogens is 1. The fourth-order valence-electron chi connectivity index (χ4n) is 3.99. The summed E-state index contributed by atoms with van der Waals surface area (Å²) in [7, 11) is 0. The fourth-order valence-corrected chi connectivity index (χ4v) is 4.12. The van der Waals surface area contributed by atoms with Crippen LogP contribution in [-0.4, -0.2) is 25.6 Å². The summed E-state index contributed by atoms with van der Waals surface area (Å²) in [4.78, 5) is 12.8. The van der Waals surface area contributed by atoms with Gasteiger partial charge in [0.25, 0.3) is 0 Å². The van der Waals surface area contributed by atoms with E-state index in [1.165, 1.54) is 0 Å². The zero-order valence-corrected chi connectivity index (χ0v) is 16.0. The first-order valence-corrected chi connectivity index (χ1v) is 9.58. The summed E-state index contributed by atoms with van der Waals surface area (Å²) in [5.41, 5.74) is 5.91. The topological polar surface area (TPSA) is 60.1 Å². The van der Waals surface area contributed by atoms with Crippen LogP contribution in [0.1, 0.15) is 39.8 Å². The summed E-state index contributed by atoms with van der Waals surface area (Å²) in [6.45, 7) is 1.96. The van der Waals surface area contributed by atoms with E-state index in [1.54, 1.807) is 4.52 Å². The maximum atomic E-state index is 12.8. The Morgan fingerprint density at radius 1 is 1.00 bits per heavy atom. The van der Waals surface area contributed by atoms with Gasteiger partial charge < -0.3 is 0 Å². The first kappa shape index (κ1) is 17.1. The molecule has 2 aromatic heterocycles. The van der Waals surface area contributed by atoms with Crippen molar-refractivity contribution < 1.29 is 4.79 Å². The van der Waals surface area contributed by atoms with Crippen molar-refractivity contribution in [3.05, 3.63) is 82.3 Å². The highest BCUT2D eigenvalue weighted by Crippen LogP contribution is 2.34. The quantitative estimate of drug-likeness (QED) is 0.500. The monoisotopic (exact) mass is 388 g/mol. The second-order valence-corrected chi connectivity index (χ2v) is 7.57. The Morgan fingerprint density at radius 3 is 2.50 bits per heavy atom. The number of fused-ring (bicyclic) bond motifs is 3. The normalized spacial score (nSPS) is 16.4. The Morgan fingerprint density at radius 2 is 1.75 bits per heavy atom. The number of nitrogens with zero attached hydrogens (tertiary/aromatic N) is 4. The summed E-state index contributed by atoms with van der Waals surface area (Å²) in [5.74, 6) is 0.0827. The number of aryl methyl sites for hydroxylation is 1. The molecule has 138 valence electrons. The molecule has 0 saturated carbocycles. The first-order chi connectivity index (χ1) is 13.6. The van der Waals surface area contributed by atoms with E-state index in [2.05, 4.69) is 10.2 Å². The molecule has 0 bridgehead atoms. The van der Waals surface area contributed by atoms with Crippen LogP contribution in [0.5, 0.6) is 0 Å². The Bertz CT molecular complexity index is 1200. The molecule has 0 N–H and O–H groups in total. The van der Waals surface area contributed by atoms with E-state index < -0.39 is 0 Å². The van der Waals surface area contributed by atoms with Crippen LogP contribution in [-0.2, 0) is 6.42 Å². The van der Waals surface area contributed by atoms with Crippen LogP contribution in [0.3, 0.4) is 0 Å². The third-order valence-electron chi connectivity index (χ3n) is 5.35. The number of benzene rings is 2.